The molecule has 11 heavy (non-hydrogen) atoms. The van der Waals surface area contributed by atoms with Crippen LogP contribution >= 0.6 is 0 Å². The molecule has 3 N–H and O–H groups in total. The molecule has 7 nitrogen and oxygen atoms in total. The Bertz CT molecular complexity index is 329. The molecule has 0 aromatic carbocycles. The van der Waals surface area contributed by atoms with E-state index in [1.54, 1.807) is 18.7 Å². The van der Waals surface area contributed by atoms with Crippen molar-refractivity contribution in [3.63, 3.8) is 0 Å². The smallest absolute Gasteiger partial charge is 0.0919 e. The van der Waals surface area contributed by atoms with Crippen LogP contribution in [-0.4, -0.2) is 17.8 Å². The zero-order chi connectivity index (χ0) is 8.98. The van der Waals surface area contributed by atoms with Crippen molar-refractivity contribution in [2.75, 3.05) is 0 Å². The molecule has 1 rings (SSSR count). The van der Waals surface area contributed by atoms with Gasteiger partial charge < -0.3 is 4.98 Å². The fourth-order valence-electron chi connectivity index (χ4n) is 0.215. The maximum absolute atomic E-state index is 8.86. The van der Waals surface area contributed by atoms with E-state index in [4.69, 9.17) is 18.6 Å². The SMILES string of the molecule is [O]=[Ru](=[O])(=[O])([OH])[OH].c1c[nH]cn1. The number of hydrogen-bond acceptors (Lipinski definition) is 4. The first-order valence-electron chi connectivity index (χ1n) is 2.18. The van der Waals surface area contributed by atoms with Crippen molar-refractivity contribution in [3.8, 4) is 0 Å². The van der Waals surface area contributed by atoms with Crippen LogP contribution in [0.2, 0.25) is 0 Å². The van der Waals surface area contributed by atoms with Crippen LogP contribution < -0.4 is 0 Å². The predicted octanol–water partition coefficient (Wildman–Crippen LogP) is -1.06. The van der Waals surface area contributed by atoms with E-state index in [1.165, 1.54) is 0 Å². The third kappa shape index (κ3) is 27.2. The van der Waals surface area contributed by atoms with Crippen molar-refractivity contribution >= 4 is 0 Å². The molecule has 1 heterocycles. The van der Waals surface area contributed by atoms with Crippen LogP contribution in [0.25, 0.3) is 0 Å². The molecule has 0 aliphatic heterocycles. The molecular formula is C3H6N2O5Ru. The molecule has 0 aliphatic rings. The Labute approximate surface area is 62.0 Å². The van der Waals surface area contributed by atoms with Gasteiger partial charge in [-0.25, -0.2) is 4.98 Å². The zero-order valence-corrected chi connectivity index (χ0v) is 6.89. The Balaban J connectivity index is 0.000000183. The van der Waals surface area contributed by atoms with E-state index in [0.717, 1.165) is 0 Å². The molecule has 0 aliphatic carbocycles. The molecule has 0 bridgehead atoms. The van der Waals surface area contributed by atoms with Crippen molar-refractivity contribution in [1.29, 1.82) is 0 Å². The second kappa shape index (κ2) is 3.04. The minimum atomic E-state index is -7.22. The summed E-state index contributed by atoms with van der Waals surface area (Å²) in [6.45, 7) is 0. The molecule has 0 fully saturated rings. The summed E-state index contributed by atoms with van der Waals surface area (Å²) in [7, 11) is 0. The van der Waals surface area contributed by atoms with E-state index in [9.17, 15) is 0 Å². The van der Waals surface area contributed by atoms with E-state index in [0.29, 0.717) is 0 Å². The Morgan fingerprint density at radius 1 is 1.27 bits per heavy atom. The van der Waals surface area contributed by atoms with Crippen molar-refractivity contribution in [3.05, 3.63) is 18.7 Å². The van der Waals surface area contributed by atoms with E-state index >= 15 is 0 Å². The van der Waals surface area contributed by atoms with Crippen LogP contribution in [-0.2, 0) is 24.9 Å². The second-order valence-electron chi connectivity index (χ2n) is 1.40. The average Bonchev–Trinajstić information content (AvgIpc) is 2.03. The Morgan fingerprint density at radius 2 is 1.73 bits per heavy atom. The summed E-state index contributed by atoms with van der Waals surface area (Å²) in [4.78, 5) is 6.42. The summed E-state index contributed by atoms with van der Waals surface area (Å²) in [5.74, 6) is 0. The normalized spacial score (nSPS) is 13.8. The van der Waals surface area contributed by atoms with E-state index in [1.807, 2.05) is 0 Å². The van der Waals surface area contributed by atoms with Crippen LogP contribution in [0.4, 0.5) is 0 Å². The first kappa shape index (κ1) is 10.2. The Hall–Kier alpha value is -0.847. The number of imidazole rings is 1. The molecule has 1 aromatic rings. The van der Waals surface area contributed by atoms with Gasteiger partial charge in [0.25, 0.3) is 0 Å². The van der Waals surface area contributed by atoms with Gasteiger partial charge in [0.1, 0.15) is 0 Å². The average molecular weight is 251 g/mol. The minimum Gasteiger partial charge on any atom is -0.351 e. The van der Waals surface area contributed by atoms with E-state index in [-0.39, 0.29) is 0 Å². The molecule has 0 spiro atoms. The molecule has 66 valence electrons. The van der Waals surface area contributed by atoms with Crippen molar-refractivity contribution < 1.29 is 32.8 Å². The number of nitrogens with one attached hydrogen (secondary N) is 1. The van der Waals surface area contributed by atoms with Crippen molar-refractivity contribution in [2.24, 2.45) is 0 Å². The fraction of sp³-hybridized carbons (Fsp3) is 0. The maximum atomic E-state index is 8.86. The first-order valence-corrected chi connectivity index (χ1v) is 5.86. The van der Waals surface area contributed by atoms with Gasteiger partial charge in [-0.05, 0) is 0 Å². The number of H-pyrrole nitrogens is 1. The Morgan fingerprint density at radius 3 is 1.82 bits per heavy atom. The summed E-state index contributed by atoms with van der Waals surface area (Å²) < 4.78 is 40.7. The number of hydrogen-bond donors (Lipinski definition) is 3. The van der Waals surface area contributed by atoms with Gasteiger partial charge in [-0.1, -0.05) is 0 Å². The molecule has 1 aromatic heterocycles. The topological polar surface area (TPSA) is 120 Å². The predicted molar refractivity (Wildman–Crippen MR) is 25.1 cm³/mol. The standard InChI is InChI=1S/C3H4N2.2H2O.3O.Ru/c1-2-5-3-4-1;;;;;;/h1-3H,(H,4,5);2*1H2;;;;/q;;;;;;+2/p-2. The Kier molecular flexibility index (Phi) is 2.80. The van der Waals surface area contributed by atoms with Gasteiger partial charge in [-0.2, -0.15) is 0 Å². The molecule has 8 heteroatoms. The first-order chi connectivity index (χ1) is 4.74. The quantitative estimate of drug-likeness (QED) is 0.505. The molecular weight excluding hydrogens is 245 g/mol. The van der Waals surface area contributed by atoms with E-state index < -0.39 is 14.2 Å². The minimum absolute atomic E-state index is 1.62. The van der Waals surface area contributed by atoms with Gasteiger partial charge >= 0.3 is 32.8 Å². The van der Waals surface area contributed by atoms with Crippen LogP contribution in [0.1, 0.15) is 0 Å². The number of aromatic amines is 1. The molecule has 0 atom stereocenters. The van der Waals surface area contributed by atoms with Crippen LogP contribution in [0.15, 0.2) is 18.7 Å². The van der Waals surface area contributed by atoms with Crippen molar-refractivity contribution in [2.45, 2.75) is 0 Å². The number of aromatic nitrogens is 2. The molecule has 0 saturated heterocycles. The van der Waals surface area contributed by atoms with Crippen molar-refractivity contribution in [1.82, 2.24) is 9.97 Å². The van der Waals surface area contributed by atoms with E-state index in [2.05, 4.69) is 9.97 Å². The molecule has 0 saturated carbocycles. The second-order valence-corrected chi connectivity index (χ2v) is 4.52. The third-order valence-corrected chi connectivity index (χ3v) is 0.406. The summed E-state index contributed by atoms with van der Waals surface area (Å²) in [5, 5.41) is 0. The monoisotopic (exact) mass is 252 g/mol. The third-order valence-electron chi connectivity index (χ3n) is 0.406. The van der Waals surface area contributed by atoms with Gasteiger partial charge in [0.2, 0.25) is 0 Å². The maximum Gasteiger partial charge on any atom is 0.0919 e. The molecule has 0 unspecified atom stereocenters. The summed E-state index contributed by atoms with van der Waals surface area (Å²) in [5.41, 5.74) is 0. The summed E-state index contributed by atoms with van der Waals surface area (Å²) in [6, 6.07) is 0. The molecule has 0 amide bonds. The summed E-state index contributed by atoms with van der Waals surface area (Å²) in [6.07, 6.45) is 5.08. The van der Waals surface area contributed by atoms with Crippen LogP contribution in [0, 0.1) is 0 Å². The van der Waals surface area contributed by atoms with Crippen LogP contribution in [0.5, 0.6) is 0 Å². The van der Waals surface area contributed by atoms with Gasteiger partial charge in [0.05, 0.1) is 6.33 Å². The number of nitrogens with zero attached hydrogens (tertiary/aromatic N) is 1. The fourth-order valence-corrected chi connectivity index (χ4v) is 0.215. The van der Waals surface area contributed by atoms with Gasteiger partial charge in [-0.3, -0.25) is 0 Å². The number of rotatable bonds is 0. The van der Waals surface area contributed by atoms with Gasteiger partial charge in [0.15, 0.2) is 0 Å². The van der Waals surface area contributed by atoms with Gasteiger partial charge in [0, 0.05) is 12.4 Å². The summed E-state index contributed by atoms with van der Waals surface area (Å²) >= 11 is -7.22. The molecule has 0 radical (unpaired) electrons. The van der Waals surface area contributed by atoms with Crippen LogP contribution in [0.3, 0.4) is 0 Å². The largest absolute Gasteiger partial charge is 0.351 e. The van der Waals surface area contributed by atoms with Gasteiger partial charge in [-0.15, -0.1) is 0 Å². The zero-order valence-electron chi connectivity index (χ0n) is 5.15.